The highest BCUT2D eigenvalue weighted by Gasteiger charge is 2.48. The molecule has 100 valence electrons. The first-order valence-corrected chi connectivity index (χ1v) is 6.04. The molecule has 1 unspecified atom stereocenters. The predicted octanol–water partition coefficient (Wildman–Crippen LogP) is 1.58. The van der Waals surface area contributed by atoms with Crippen molar-refractivity contribution in [2.24, 2.45) is 0 Å². The van der Waals surface area contributed by atoms with E-state index in [-0.39, 0.29) is 6.61 Å². The topological polar surface area (TPSA) is 67.4 Å². The molecule has 2 rings (SSSR count). The summed E-state index contributed by atoms with van der Waals surface area (Å²) in [5.41, 5.74) is -0.602. The Bertz CT molecular complexity index is 515. The molecular formula is C13H13ClN2O3. The normalized spacial score (nSPS) is 21.9. The molecule has 1 aliphatic heterocycles. The van der Waals surface area contributed by atoms with Gasteiger partial charge in [-0.1, -0.05) is 29.8 Å². The Kier molecular flexibility index (Phi) is 3.87. The monoisotopic (exact) mass is 280 g/mol. The fourth-order valence-electron chi connectivity index (χ4n) is 1.91. The van der Waals surface area contributed by atoms with E-state index < -0.39 is 17.5 Å². The van der Waals surface area contributed by atoms with Crippen molar-refractivity contribution < 1.29 is 14.3 Å². The van der Waals surface area contributed by atoms with Gasteiger partial charge < -0.3 is 10.1 Å². The number of nitrogens with one attached hydrogen (secondary N) is 2. The fourth-order valence-corrected chi connectivity index (χ4v) is 2.04. The second kappa shape index (κ2) is 5.42. The van der Waals surface area contributed by atoms with E-state index in [0.29, 0.717) is 17.2 Å². The van der Waals surface area contributed by atoms with Gasteiger partial charge in [0.15, 0.2) is 5.54 Å². The average molecular weight is 281 g/mol. The maximum absolute atomic E-state index is 12.1. The number of carbonyl (C=O) groups is 2. The zero-order valence-corrected chi connectivity index (χ0v) is 10.9. The number of halogens is 1. The van der Waals surface area contributed by atoms with Gasteiger partial charge in [0.05, 0.1) is 13.2 Å². The number of carbonyl (C=O) groups excluding carboxylic acids is 2. The third-order valence-electron chi connectivity index (χ3n) is 2.83. The lowest BCUT2D eigenvalue weighted by atomic mass is 9.91. The second-order valence-corrected chi connectivity index (χ2v) is 4.56. The Morgan fingerprint density at radius 3 is 2.53 bits per heavy atom. The van der Waals surface area contributed by atoms with Crippen LogP contribution >= 0.6 is 11.6 Å². The molecule has 1 atom stereocenters. The Morgan fingerprint density at radius 1 is 1.32 bits per heavy atom. The smallest absolute Gasteiger partial charge is 0.322 e. The molecule has 1 fully saturated rings. The minimum absolute atomic E-state index is 0.0260. The zero-order chi connectivity index (χ0) is 13.9. The van der Waals surface area contributed by atoms with Crippen LogP contribution in [0.1, 0.15) is 5.56 Å². The van der Waals surface area contributed by atoms with E-state index >= 15 is 0 Å². The van der Waals surface area contributed by atoms with Gasteiger partial charge in [0.1, 0.15) is 0 Å². The average Bonchev–Trinajstić information content (AvgIpc) is 2.66. The van der Waals surface area contributed by atoms with Crippen LogP contribution in [-0.2, 0) is 15.1 Å². The molecule has 3 amide bonds. The van der Waals surface area contributed by atoms with Crippen molar-refractivity contribution in [1.29, 1.82) is 0 Å². The Morgan fingerprint density at radius 2 is 2.00 bits per heavy atom. The Labute approximate surface area is 115 Å². The fraction of sp³-hybridized carbons (Fsp3) is 0.231. The molecular weight excluding hydrogens is 268 g/mol. The molecule has 0 saturated carbocycles. The summed E-state index contributed by atoms with van der Waals surface area (Å²) in [4.78, 5) is 23.5. The van der Waals surface area contributed by atoms with Crippen LogP contribution in [0.5, 0.6) is 0 Å². The first kappa shape index (κ1) is 13.6. The summed E-state index contributed by atoms with van der Waals surface area (Å²) in [6, 6.07) is 6.14. The predicted molar refractivity (Wildman–Crippen MR) is 70.8 cm³/mol. The first-order valence-electron chi connectivity index (χ1n) is 5.67. The molecule has 0 bridgehead atoms. The van der Waals surface area contributed by atoms with E-state index in [9.17, 15) is 9.59 Å². The molecule has 5 nitrogen and oxygen atoms in total. The number of rotatable bonds is 5. The standard InChI is InChI=1S/C13H13ClN2O3/c1-2-7-19-8-13(11(17)15-12(18)16-13)9-3-5-10(14)6-4-9/h2-6H,1,7-8H2,(H2,15,16,17,18). The zero-order valence-electron chi connectivity index (χ0n) is 10.1. The van der Waals surface area contributed by atoms with Crippen molar-refractivity contribution in [1.82, 2.24) is 10.6 Å². The molecule has 0 spiro atoms. The van der Waals surface area contributed by atoms with Gasteiger partial charge in [-0.15, -0.1) is 6.58 Å². The van der Waals surface area contributed by atoms with Gasteiger partial charge in [0, 0.05) is 5.02 Å². The number of hydrogen-bond donors (Lipinski definition) is 2. The number of benzene rings is 1. The quantitative estimate of drug-likeness (QED) is 0.489. The van der Waals surface area contributed by atoms with Crippen LogP contribution in [0.25, 0.3) is 0 Å². The van der Waals surface area contributed by atoms with E-state index in [1.165, 1.54) is 0 Å². The third kappa shape index (κ3) is 2.62. The molecule has 1 saturated heterocycles. The summed E-state index contributed by atoms with van der Waals surface area (Å²) < 4.78 is 5.35. The highest BCUT2D eigenvalue weighted by atomic mass is 35.5. The van der Waals surface area contributed by atoms with Crippen molar-refractivity contribution in [3.05, 3.63) is 47.5 Å². The Hall–Kier alpha value is -1.85. The molecule has 2 N–H and O–H groups in total. The SMILES string of the molecule is C=CCOCC1(c2ccc(Cl)cc2)NC(=O)NC1=O. The van der Waals surface area contributed by atoms with Crippen molar-refractivity contribution in [3.8, 4) is 0 Å². The minimum Gasteiger partial charge on any atom is -0.374 e. The molecule has 1 aromatic rings. The van der Waals surface area contributed by atoms with Gasteiger partial charge in [-0.3, -0.25) is 10.1 Å². The summed E-state index contributed by atoms with van der Waals surface area (Å²) >= 11 is 5.82. The second-order valence-electron chi connectivity index (χ2n) is 4.12. The molecule has 1 aromatic carbocycles. The van der Waals surface area contributed by atoms with E-state index in [1.54, 1.807) is 30.3 Å². The van der Waals surface area contributed by atoms with Crippen LogP contribution in [0.2, 0.25) is 5.02 Å². The van der Waals surface area contributed by atoms with Crippen molar-refractivity contribution in [3.63, 3.8) is 0 Å². The first-order chi connectivity index (χ1) is 9.08. The number of amides is 3. The maximum atomic E-state index is 12.1. The lowest BCUT2D eigenvalue weighted by Gasteiger charge is -2.26. The summed E-state index contributed by atoms with van der Waals surface area (Å²) in [5, 5.41) is 5.38. The van der Waals surface area contributed by atoms with Gasteiger partial charge in [-0.05, 0) is 17.7 Å². The summed E-state index contributed by atoms with van der Waals surface area (Å²) in [6.07, 6.45) is 1.57. The Balaban J connectivity index is 2.33. The van der Waals surface area contributed by atoms with E-state index in [4.69, 9.17) is 16.3 Å². The van der Waals surface area contributed by atoms with Crippen molar-refractivity contribution in [2.45, 2.75) is 5.54 Å². The molecule has 1 heterocycles. The van der Waals surface area contributed by atoms with Crippen LogP contribution in [0, 0.1) is 0 Å². The molecule has 1 aliphatic rings. The van der Waals surface area contributed by atoms with Gasteiger partial charge in [-0.25, -0.2) is 4.79 Å². The van der Waals surface area contributed by atoms with Gasteiger partial charge in [0.25, 0.3) is 5.91 Å². The lowest BCUT2D eigenvalue weighted by molar-refractivity contribution is -0.126. The highest BCUT2D eigenvalue weighted by molar-refractivity contribution is 6.30. The number of ether oxygens (including phenoxy) is 1. The van der Waals surface area contributed by atoms with Gasteiger partial charge >= 0.3 is 6.03 Å². The maximum Gasteiger partial charge on any atom is 0.322 e. The van der Waals surface area contributed by atoms with Crippen LogP contribution in [-0.4, -0.2) is 25.2 Å². The highest BCUT2D eigenvalue weighted by Crippen LogP contribution is 2.26. The molecule has 0 aromatic heterocycles. The number of hydrogen-bond acceptors (Lipinski definition) is 3. The van der Waals surface area contributed by atoms with Crippen molar-refractivity contribution in [2.75, 3.05) is 13.2 Å². The lowest BCUT2D eigenvalue weighted by Crippen LogP contribution is -2.47. The molecule has 0 aliphatic carbocycles. The van der Waals surface area contributed by atoms with E-state index in [2.05, 4.69) is 17.2 Å². The van der Waals surface area contributed by atoms with Gasteiger partial charge in [0.2, 0.25) is 0 Å². The molecule has 0 radical (unpaired) electrons. The summed E-state index contributed by atoms with van der Waals surface area (Å²) in [5.74, 6) is -0.441. The van der Waals surface area contributed by atoms with Gasteiger partial charge in [-0.2, -0.15) is 0 Å². The van der Waals surface area contributed by atoms with Crippen LogP contribution in [0.15, 0.2) is 36.9 Å². The number of imide groups is 1. The van der Waals surface area contributed by atoms with Crippen molar-refractivity contribution >= 4 is 23.5 Å². The summed E-state index contributed by atoms with van der Waals surface area (Å²) in [7, 11) is 0. The van der Waals surface area contributed by atoms with Crippen LogP contribution < -0.4 is 10.6 Å². The van der Waals surface area contributed by atoms with E-state index in [1.807, 2.05) is 0 Å². The summed E-state index contributed by atoms with van der Waals surface area (Å²) in [6.45, 7) is 3.85. The third-order valence-corrected chi connectivity index (χ3v) is 3.08. The number of urea groups is 1. The van der Waals surface area contributed by atoms with E-state index in [0.717, 1.165) is 0 Å². The minimum atomic E-state index is -1.22. The van der Waals surface area contributed by atoms with Crippen LogP contribution in [0.4, 0.5) is 4.79 Å². The molecule has 6 heteroatoms. The molecule has 19 heavy (non-hydrogen) atoms. The van der Waals surface area contributed by atoms with Crippen LogP contribution in [0.3, 0.4) is 0 Å². The largest absolute Gasteiger partial charge is 0.374 e.